The molecule has 0 aliphatic heterocycles. The quantitative estimate of drug-likeness (QED) is 0.185. The van der Waals surface area contributed by atoms with E-state index in [1.807, 2.05) is 67.6 Å². The fourth-order valence-corrected chi connectivity index (χ4v) is 4.16. The van der Waals surface area contributed by atoms with Gasteiger partial charge in [0.1, 0.15) is 23.3 Å². The maximum atomic E-state index is 13.2. The van der Waals surface area contributed by atoms with Crippen LogP contribution < -0.4 is 25.4 Å². The van der Waals surface area contributed by atoms with Crippen molar-refractivity contribution in [1.82, 2.24) is 10.6 Å². The van der Waals surface area contributed by atoms with Gasteiger partial charge in [-0.15, -0.1) is 0 Å². The Morgan fingerprint density at radius 3 is 2.12 bits per heavy atom. The molecule has 0 saturated heterocycles. The highest BCUT2D eigenvalue weighted by Gasteiger charge is 2.22. The average Bonchev–Trinajstić information content (AvgIpc) is 2.97. The summed E-state index contributed by atoms with van der Waals surface area (Å²) in [7, 11) is 1.62. The molecule has 0 aliphatic carbocycles. The fourth-order valence-electron chi connectivity index (χ4n) is 4.03. The summed E-state index contributed by atoms with van der Waals surface area (Å²) in [6.45, 7) is 2.83. The predicted molar refractivity (Wildman–Crippen MR) is 159 cm³/mol. The summed E-state index contributed by atoms with van der Waals surface area (Å²) in [6, 6.07) is 28.6. The molecule has 0 bridgehead atoms. The molecule has 0 heterocycles. The first kappa shape index (κ1) is 28.5. The number of carbonyl (C=O) groups is 2. The lowest BCUT2D eigenvalue weighted by molar-refractivity contribution is -0.122. The summed E-state index contributed by atoms with van der Waals surface area (Å²) in [5.74, 6) is 1.53. The van der Waals surface area contributed by atoms with Crippen molar-refractivity contribution in [3.63, 3.8) is 0 Å². The highest BCUT2D eigenvalue weighted by molar-refractivity contribution is 6.30. The second-order valence-electron chi connectivity index (χ2n) is 9.25. The van der Waals surface area contributed by atoms with Crippen LogP contribution >= 0.6 is 11.6 Å². The van der Waals surface area contributed by atoms with Crippen LogP contribution in [0.25, 0.3) is 0 Å². The van der Waals surface area contributed by atoms with E-state index in [-0.39, 0.29) is 11.8 Å². The molecule has 0 radical (unpaired) electrons. The minimum atomic E-state index is -0.767. The average molecular weight is 558 g/mol. The lowest BCUT2D eigenvalue weighted by Crippen LogP contribution is -2.48. The zero-order valence-electron chi connectivity index (χ0n) is 22.4. The summed E-state index contributed by atoms with van der Waals surface area (Å²) in [5.41, 5.74) is 3.27. The number of hydrogen-bond acceptors (Lipinski definition) is 5. The van der Waals surface area contributed by atoms with Gasteiger partial charge in [-0.1, -0.05) is 41.4 Å². The summed E-state index contributed by atoms with van der Waals surface area (Å²) >= 11 is 5.94. The maximum absolute atomic E-state index is 13.2. The van der Waals surface area contributed by atoms with E-state index in [0.717, 1.165) is 22.6 Å². The van der Waals surface area contributed by atoms with Gasteiger partial charge in [0.15, 0.2) is 0 Å². The SMILES string of the molecule is COc1ccc(NCCNC(=O)[C@H](Cc2ccc(Oc3ccc(Cl)cc3)cc2)NC(=O)c2cccc(C)c2)cc1. The van der Waals surface area contributed by atoms with Crippen LogP contribution in [0.1, 0.15) is 21.5 Å². The maximum Gasteiger partial charge on any atom is 0.251 e. The van der Waals surface area contributed by atoms with E-state index < -0.39 is 6.04 Å². The zero-order valence-corrected chi connectivity index (χ0v) is 23.2. The Morgan fingerprint density at radius 2 is 1.48 bits per heavy atom. The summed E-state index contributed by atoms with van der Waals surface area (Å²) < 4.78 is 11.0. The Morgan fingerprint density at radius 1 is 0.825 bits per heavy atom. The van der Waals surface area contributed by atoms with Gasteiger partial charge in [-0.3, -0.25) is 9.59 Å². The zero-order chi connectivity index (χ0) is 28.3. The van der Waals surface area contributed by atoms with Crippen LogP contribution in [0.4, 0.5) is 5.69 Å². The van der Waals surface area contributed by atoms with E-state index in [4.69, 9.17) is 21.1 Å². The van der Waals surface area contributed by atoms with Crippen molar-refractivity contribution in [2.24, 2.45) is 0 Å². The van der Waals surface area contributed by atoms with Gasteiger partial charge in [-0.2, -0.15) is 0 Å². The summed E-state index contributed by atoms with van der Waals surface area (Å²) in [5, 5.41) is 9.75. The molecule has 4 rings (SSSR count). The molecule has 0 aromatic heterocycles. The molecule has 4 aromatic rings. The number of amides is 2. The van der Waals surface area contributed by atoms with Crippen LogP contribution in [-0.4, -0.2) is 38.1 Å². The minimum Gasteiger partial charge on any atom is -0.497 e. The van der Waals surface area contributed by atoms with E-state index in [0.29, 0.717) is 41.6 Å². The van der Waals surface area contributed by atoms with Gasteiger partial charge in [-0.25, -0.2) is 0 Å². The van der Waals surface area contributed by atoms with Gasteiger partial charge in [0.25, 0.3) is 5.91 Å². The fraction of sp³-hybridized carbons (Fsp3) is 0.188. The molecular formula is C32H32ClN3O4. The highest BCUT2D eigenvalue weighted by Crippen LogP contribution is 2.23. The molecule has 1 atom stereocenters. The molecule has 0 fully saturated rings. The van der Waals surface area contributed by atoms with E-state index in [1.54, 1.807) is 43.5 Å². The van der Waals surface area contributed by atoms with Crippen LogP contribution in [0.15, 0.2) is 97.1 Å². The predicted octanol–water partition coefficient (Wildman–Crippen LogP) is 6.02. The standard InChI is InChI=1S/C32H32ClN3O4/c1-22-4-3-5-24(20-22)31(37)36-30(32(38)35-19-18-34-26-10-16-27(39-2)17-11-26)21-23-6-12-28(13-7-23)40-29-14-8-25(33)9-15-29/h3-17,20,30,34H,18-19,21H2,1-2H3,(H,35,38)(H,36,37)/t30-/m0/s1. The third-order valence-electron chi connectivity index (χ3n) is 6.16. The van der Waals surface area contributed by atoms with Gasteiger partial charge < -0.3 is 25.4 Å². The summed E-state index contributed by atoms with van der Waals surface area (Å²) in [6.07, 6.45) is 0.316. The largest absolute Gasteiger partial charge is 0.497 e. The molecule has 0 aliphatic rings. The summed E-state index contributed by atoms with van der Waals surface area (Å²) in [4.78, 5) is 26.2. The first-order valence-electron chi connectivity index (χ1n) is 12.9. The molecule has 8 heteroatoms. The molecule has 0 unspecified atom stereocenters. The number of methoxy groups -OCH3 is 1. The van der Waals surface area contributed by atoms with Gasteiger partial charge in [0.2, 0.25) is 5.91 Å². The van der Waals surface area contributed by atoms with Crippen molar-refractivity contribution in [3.8, 4) is 17.2 Å². The van der Waals surface area contributed by atoms with Crippen LogP contribution in [0.5, 0.6) is 17.2 Å². The Hall–Kier alpha value is -4.49. The van der Waals surface area contributed by atoms with Crippen LogP contribution in [-0.2, 0) is 11.2 Å². The van der Waals surface area contributed by atoms with Crippen LogP contribution in [0.2, 0.25) is 5.02 Å². The molecule has 3 N–H and O–H groups in total. The molecule has 0 spiro atoms. The van der Waals surface area contributed by atoms with Gasteiger partial charge in [0.05, 0.1) is 7.11 Å². The molecule has 0 saturated carbocycles. The Kier molecular flexibility index (Phi) is 10.0. The Labute approximate surface area is 239 Å². The van der Waals surface area contributed by atoms with Gasteiger partial charge in [-0.05, 0) is 85.3 Å². The number of carbonyl (C=O) groups excluding carboxylic acids is 2. The molecule has 40 heavy (non-hydrogen) atoms. The molecule has 4 aromatic carbocycles. The lowest BCUT2D eigenvalue weighted by atomic mass is 10.0. The van der Waals surface area contributed by atoms with Crippen molar-refractivity contribution in [1.29, 1.82) is 0 Å². The van der Waals surface area contributed by atoms with Crippen molar-refractivity contribution in [2.75, 3.05) is 25.5 Å². The topological polar surface area (TPSA) is 88.7 Å². The van der Waals surface area contributed by atoms with Gasteiger partial charge in [0, 0.05) is 35.8 Å². The number of benzene rings is 4. The van der Waals surface area contributed by atoms with Crippen molar-refractivity contribution >= 4 is 29.1 Å². The van der Waals surface area contributed by atoms with Crippen LogP contribution in [0, 0.1) is 6.92 Å². The number of aryl methyl sites for hydroxylation is 1. The third kappa shape index (κ3) is 8.51. The first-order valence-corrected chi connectivity index (χ1v) is 13.3. The van der Waals surface area contributed by atoms with Crippen LogP contribution in [0.3, 0.4) is 0 Å². The highest BCUT2D eigenvalue weighted by atomic mass is 35.5. The number of anilines is 1. The monoisotopic (exact) mass is 557 g/mol. The number of halogens is 1. The smallest absolute Gasteiger partial charge is 0.251 e. The Balaban J connectivity index is 1.39. The molecule has 2 amide bonds. The molecule has 206 valence electrons. The van der Waals surface area contributed by atoms with E-state index in [1.165, 1.54) is 0 Å². The van der Waals surface area contributed by atoms with E-state index in [9.17, 15) is 9.59 Å². The number of ether oxygens (including phenoxy) is 2. The second kappa shape index (κ2) is 14.1. The minimum absolute atomic E-state index is 0.265. The molecule has 7 nitrogen and oxygen atoms in total. The van der Waals surface area contributed by atoms with Gasteiger partial charge >= 0.3 is 0 Å². The van der Waals surface area contributed by atoms with Crippen molar-refractivity contribution < 1.29 is 19.1 Å². The lowest BCUT2D eigenvalue weighted by Gasteiger charge is -2.19. The Bertz CT molecular complexity index is 1410. The number of rotatable bonds is 12. The van der Waals surface area contributed by atoms with E-state index in [2.05, 4.69) is 16.0 Å². The van der Waals surface area contributed by atoms with Crippen molar-refractivity contribution in [2.45, 2.75) is 19.4 Å². The number of hydrogen-bond donors (Lipinski definition) is 3. The normalized spacial score (nSPS) is 11.3. The molecular weight excluding hydrogens is 526 g/mol. The van der Waals surface area contributed by atoms with Crippen molar-refractivity contribution in [3.05, 3.63) is 119 Å². The third-order valence-corrected chi connectivity index (χ3v) is 6.41. The van der Waals surface area contributed by atoms with E-state index >= 15 is 0 Å². The number of nitrogens with one attached hydrogen (secondary N) is 3. The first-order chi connectivity index (χ1) is 19.4. The second-order valence-corrected chi connectivity index (χ2v) is 9.68.